The first-order chi connectivity index (χ1) is 15.2. The number of hydrogen-bond acceptors (Lipinski definition) is 0. The molecule has 1 aliphatic rings. The van der Waals surface area contributed by atoms with E-state index >= 15 is 0 Å². The van der Waals surface area contributed by atoms with Gasteiger partial charge >= 0.3 is 0 Å². The van der Waals surface area contributed by atoms with E-state index < -0.39 is 0 Å². The number of fused-ring (bicyclic) bond motifs is 3. The van der Waals surface area contributed by atoms with Crippen molar-refractivity contribution in [2.45, 2.75) is 46.0 Å². The van der Waals surface area contributed by atoms with Crippen molar-refractivity contribution < 1.29 is 0 Å². The molecule has 0 heterocycles. The van der Waals surface area contributed by atoms with Gasteiger partial charge in [-0.1, -0.05) is 110 Å². The summed E-state index contributed by atoms with van der Waals surface area (Å²) in [7, 11) is 0. The van der Waals surface area contributed by atoms with Gasteiger partial charge in [-0.15, -0.1) is 0 Å². The SMILES string of the molecule is CCCCCc1ccc(-c2ccc3c(c2)Cc2cc(-c4ccc(C)cc4)ccc2-3)cc1. The lowest BCUT2D eigenvalue weighted by atomic mass is 9.97. The highest BCUT2D eigenvalue weighted by atomic mass is 14.2. The molecule has 4 aromatic carbocycles. The van der Waals surface area contributed by atoms with Crippen LogP contribution in [-0.2, 0) is 12.8 Å². The molecule has 0 radical (unpaired) electrons. The number of rotatable bonds is 6. The van der Waals surface area contributed by atoms with Crippen molar-refractivity contribution in [2.24, 2.45) is 0 Å². The summed E-state index contributed by atoms with van der Waals surface area (Å²) in [6.07, 6.45) is 6.10. The van der Waals surface area contributed by atoms with Gasteiger partial charge in [0.1, 0.15) is 0 Å². The Balaban J connectivity index is 1.38. The fourth-order valence-electron chi connectivity index (χ4n) is 4.76. The largest absolute Gasteiger partial charge is 0.0654 e. The fourth-order valence-corrected chi connectivity index (χ4v) is 4.76. The molecule has 0 aliphatic heterocycles. The second-order valence-electron chi connectivity index (χ2n) is 8.94. The molecule has 0 heteroatoms. The van der Waals surface area contributed by atoms with Crippen LogP contribution in [-0.4, -0.2) is 0 Å². The van der Waals surface area contributed by atoms with Gasteiger partial charge in [0.25, 0.3) is 0 Å². The average molecular weight is 403 g/mol. The summed E-state index contributed by atoms with van der Waals surface area (Å²) < 4.78 is 0. The van der Waals surface area contributed by atoms with Crippen LogP contribution in [0.5, 0.6) is 0 Å². The Morgan fingerprint density at radius 2 is 1.10 bits per heavy atom. The van der Waals surface area contributed by atoms with E-state index in [1.807, 2.05) is 0 Å². The van der Waals surface area contributed by atoms with Gasteiger partial charge in [-0.2, -0.15) is 0 Å². The van der Waals surface area contributed by atoms with Crippen LogP contribution in [0.2, 0.25) is 0 Å². The third kappa shape index (κ3) is 4.08. The van der Waals surface area contributed by atoms with Gasteiger partial charge in [0.2, 0.25) is 0 Å². The lowest BCUT2D eigenvalue weighted by molar-refractivity contribution is 0.717. The van der Waals surface area contributed by atoms with Gasteiger partial charge in [-0.05, 0) is 76.3 Å². The molecule has 0 atom stereocenters. The Morgan fingerprint density at radius 1 is 0.581 bits per heavy atom. The van der Waals surface area contributed by atoms with Crippen LogP contribution in [0.3, 0.4) is 0 Å². The van der Waals surface area contributed by atoms with E-state index in [4.69, 9.17) is 0 Å². The van der Waals surface area contributed by atoms with E-state index in [1.165, 1.54) is 81.3 Å². The first-order valence-electron chi connectivity index (χ1n) is 11.6. The van der Waals surface area contributed by atoms with E-state index in [2.05, 4.69) is 98.8 Å². The van der Waals surface area contributed by atoms with E-state index in [0.717, 1.165) is 6.42 Å². The number of benzene rings is 4. The normalized spacial score (nSPS) is 11.9. The van der Waals surface area contributed by atoms with Gasteiger partial charge in [-0.3, -0.25) is 0 Å². The highest BCUT2D eigenvalue weighted by Gasteiger charge is 2.19. The highest BCUT2D eigenvalue weighted by molar-refractivity contribution is 5.82. The minimum absolute atomic E-state index is 1.02. The maximum Gasteiger partial charge on any atom is -0.00130 e. The Hall–Kier alpha value is -3.12. The van der Waals surface area contributed by atoms with Crippen molar-refractivity contribution in [1.82, 2.24) is 0 Å². The molecule has 0 N–H and O–H groups in total. The van der Waals surface area contributed by atoms with E-state index in [1.54, 1.807) is 0 Å². The van der Waals surface area contributed by atoms with E-state index in [0.29, 0.717) is 0 Å². The summed E-state index contributed by atoms with van der Waals surface area (Å²) in [5, 5.41) is 0. The maximum absolute atomic E-state index is 2.40. The molecule has 0 bridgehead atoms. The summed E-state index contributed by atoms with van der Waals surface area (Å²) in [4.78, 5) is 0. The summed E-state index contributed by atoms with van der Waals surface area (Å²) in [5.41, 5.74) is 13.7. The standard InChI is InChI=1S/C31H30/c1-3-4-5-6-23-9-13-25(14-10-23)27-16-18-31-29(20-27)21-28-19-26(15-17-30(28)31)24-11-7-22(2)8-12-24/h7-20H,3-6,21H2,1-2H3. The maximum atomic E-state index is 2.40. The monoisotopic (exact) mass is 402 g/mol. The van der Waals surface area contributed by atoms with Crippen LogP contribution < -0.4 is 0 Å². The molecule has 0 saturated heterocycles. The van der Waals surface area contributed by atoms with Crippen LogP contribution >= 0.6 is 0 Å². The minimum atomic E-state index is 1.02. The van der Waals surface area contributed by atoms with E-state index in [-0.39, 0.29) is 0 Å². The predicted molar refractivity (Wildman–Crippen MR) is 134 cm³/mol. The molecule has 5 rings (SSSR count). The lowest BCUT2D eigenvalue weighted by Crippen LogP contribution is -1.87. The molecular formula is C31H30. The van der Waals surface area contributed by atoms with Crippen molar-refractivity contribution in [3.05, 3.63) is 107 Å². The minimum Gasteiger partial charge on any atom is -0.0654 e. The zero-order chi connectivity index (χ0) is 21.2. The zero-order valence-corrected chi connectivity index (χ0v) is 18.6. The first-order valence-corrected chi connectivity index (χ1v) is 11.6. The molecular weight excluding hydrogens is 372 g/mol. The van der Waals surface area contributed by atoms with Crippen LogP contribution in [0.4, 0.5) is 0 Å². The van der Waals surface area contributed by atoms with Gasteiger partial charge in [-0.25, -0.2) is 0 Å². The molecule has 4 aromatic rings. The topological polar surface area (TPSA) is 0 Å². The van der Waals surface area contributed by atoms with E-state index in [9.17, 15) is 0 Å². The van der Waals surface area contributed by atoms with Crippen LogP contribution in [0.15, 0.2) is 84.9 Å². The van der Waals surface area contributed by atoms with Crippen LogP contribution in [0.25, 0.3) is 33.4 Å². The molecule has 0 amide bonds. The molecule has 31 heavy (non-hydrogen) atoms. The number of hydrogen-bond donors (Lipinski definition) is 0. The second-order valence-corrected chi connectivity index (χ2v) is 8.94. The molecule has 1 aliphatic carbocycles. The summed E-state index contributed by atoms with van der Waals surface area (Å²) >= 11 is 0. The predicted octanol–water partition coefficient (Wildman–Crippen LogP) is 8.63. The highest BCUT2D eigenvalue weighted by Crippen LogP contribution is 2.40. The first kappa shape index (κ1) is 19.8. The van der Waals surface area contributed by atoms with Gasteiger partial charge in [0, 0.05) is 0 Å². The van der Waals surface area contributed by atoms with Crippen LogP contribution in [0, 0.1) is 6.92 Å². The summed E-state index contributed by atoms with van der Waals surface area (Å²) in [6.45, 7) is 4.40. The Morgan fingerprint density at radius 3 is 1.65 bits per heavy atom. The third-order valence-electron chi connectivity index (χ3n) is 6.62. The molecule has 0 aromatic heterocycles. The number of unbranched alkanes of at least 4 members (excludes halogenated alkanes) is 2. The quantitative estimate of drug-likeness (QED) is 0.249. The van der Waals surface area contributed by atoms with Gasteiger partial charge < -0.3 is 0 Å². The zero-order valence-electron chi connectivity index (χ0n) is 18.6. The number of aryl methyl sites for hydroxylation is 2. The van der Waals surface area contributed by atoms with Crippen LogP contribution in [0.1, 0.15) is 48.4 Å². The smallest absolute Gasteiger partial charge is 0.00130 e. The molecule has 0 unspecified atom stereocenters. The Bertz CT molecular complexity index is 1190. The Labute approximate surface area is 186 Å². The van der Waals surface area contributed by atoms with Crippen molar-refractivity contribution in [3.8, 4) is 33.4 Å². The molecule has 0 fully saturated rings. The van der Waals surface area contributed by atoms with Crippen molar-refractivity contribution in [2.75, 3.05) is 0 Å². The van der Waals surface area contributed by atoms with Gasteiger partial charge in [0.15, 0.2) is 0 Å². The molecule has 0 spiro atoms. The lowest BCUT2D eigenvalue weighted by Gasteiger charge is -2.08. The average Bonchev–Trinajstić information content (AvgIpc) is 3.17. The third-order valence-corrected chi connectivity index (χ3v) is 6.62. The van der Waals surface area contributed by atoms with Crippen molar-refractivity contribution in [1.29, 1.82) is 0 Å². The second kappa shape index (κ2) is 8.55. The van der Waals surface area contributed by atoms with Crippen molar-refractivity contribution >= 4 is 0 Å². The summed E-state index contributed by atoms with van der Waals surface area (Å²) in [5.74, 6) is 0. The summed E-state index contributed by atoms with van der Waals surface area (Å²) in [6, 6.07) is 32.0. The molecule has 154 valence electrons. The van der Waals surface area contributed by atoms with Gasteiger partial charge in [0.05, 0.1) is 0 Å². The molecule has 0 nitrogen and oxygen atoms in total. The van der Waals surface area contributed by atoms with Crippen molar-refractivity contribution in [3.63, 3.8) is 0 Å². The fraction of sp³-hybridized carbons (Fsp3) is 0.226. The Kier molecular flexibility index (Phi) is 5.47. The molecule has 0 saturated carbocycles.